The van der Waals surface area contributed by atoms with Crippen LogP contribution in [-0.4, -0.2) is 23.0 Å². The molecule has 0 radical (unpaired) electrons. The molecule has 1 amide bonds. The lowest BCUT2D eigenvalue weighted by Gasteiger charge is -2.45. The van der Waals surface area contributed by atoms with Gasteiger partial charge in [0.1, 0.15) is 0 Å². The minimum absolute atomic E-state index is 0.110. The number of aromatic nitrogens is 1. The Bertz CT molecular complexity index is 731. The topological polar surface area (TPSA) is 68.0 Å². The number of hydrogen-bond acceptors (Lipinski definition) is 4. The Morgan fingerprint density at radius 3 is 2.65 bits per heavy atom. The number of fused-ring (bicyclic) bond motifs is 2. The second-order valence-electron chi connectivity index (χ2n) is 7.85. The Labute approximate surface area is 159 Å². The highest BCUT2D eigenvalue weighted by molar-refractivity contribution is 7.09. The van der Waals surface area contributed by atoms with Crippen LogP contribution in [0.2, 0.25) is 0 Å². The Morgan fingerprint density at radius 2 is 1.92 bits per heavy atom. The molecule has 1 aromatic carbocycles. The smallest absolute Gasteiger partial charge is 0.226 e. The van der Waals surface area contributed by atoms with Gasteiger partial charge >= 0.3 is 0 Å². The maximum Gasteiger partial charge on any atom is 0.226 e. The van der Waals surface area contributed by atoms with E-state index in [1.807, 2.05) is 23.6 Å². The molecule has 2 unspecified atom stereocenters. The maximum absolute atomic E-state index is 12.6. The van der Waals surface area contributed by atoms with Crippen LogP contribution in [-0.2, 0) is 17.6 Å². The van der Waals surface area contributed by atoms with Crippen LogP contribution in [0.25, 0.3) is 0 Å². The molecule has 2 bridgehead atoms. The number of nitrogens with zero attached hydrogens (tertiary/aromatic N) is 1. The quantitative estimate of drug-likeness (QED) is 0.850. The summed E-state index contributed by atoms with van der Waals surface area (Å²) in [6, 6.07) is 11.0. The molecule has 26 heavy (non-hydrogen) atoms. The van der Waals surface area contributed by atoms with Crippen LogP contribution in [0, 0.1) is 11.8 Å². The number of carbonyl (C=O) groups excluding carboxylic acids is 1. The van der Waals surface area contributed by atoms with Crippen molar-refractivity contribution < 1.29 is 4.79 Å². The van der Waals surface area contributed by atoms with Crippen LogP contribution < -0.4 is 11.1 Å². The molecule has 0 saturated heterocycles. The SMILES string of the molecule is NC1CC2CCCC(C1)C2NC(=O)Cc1csc(Cc2ccccc2)n1. The first-order chi connectivity index (χ1) is 12.7. The van der Waals surface area contributed by atoms with Gasteiger partial charge in [-0.1, -0.05) is 36.8 Å². The first-order valence-electron chi connectivity index (χ1n) is 9.69. The third kappa shape index (κ3) is 4.15. The molecule has 2 saturated carbocycles. The first-order valence-corrected chi connectivity index (χ1v) is 10.6. The van der Waals surface area contributed by atoms with Crippen LogP contribution in [0.3, 0.4) is 0 Å². The Kier molecular flexibility index (Phi) is 5.36. The number of nitrogens with two attached hydrogens (primary N) is 1. The minimum Gasteiger partial charge on any atom is -0.352 e. The standard InChI is InChI=1S/C21H27N3OS/c22-17-10-15-7-4-8-16(11-17)21(15)24-19(25)12-18-13-26-20(23-18)9-14-5-2-1-3-6-14/h1-3,5-6,13,15-17,21H,4,7-12,22H2,(H,24,25). The molecule has 2 atom stereocenters. The maximum atomic E-state index is 12.6. The van der Waals surface area contributed by atoms with Gasteiger partial charge in [0.05, 0.1) is 17.1 Å². The van der Waals surface area contributed by atoms with E-state index >= 15 is 0 Å². The van der Waals surface area contributed by atoms with E-state index < -0.39 is 0 Å². The molecule has 2 aromatic rings. The van der Waals surface area contributed by atoms with Gasteiger partial charge in [-0.05, 0) is 43.1 Å². The van der Waals surface area contributed by atoms with Crippen LogP contribution in [0.5, 0.6) is 0 Å². The zero-order chi connectivity index (χ0) is 17.9. The van der Waals surface area contributed by atoms with E-state index in [0.717, 1.165) is 30.0 Å². The molecule has 1 heterocycles. The summed E-state index contributed by atoms with van der Waals surface area (Å²) in [5.74, 6) is 1.23. The van der Waals surface area contributed by atoms with Gasteiger partial charge in [0.25, 0.3) is 0 Å². The molecule has 0 aliphatic heterocycles. The molecule has 2 aliphatic rings. The Morgan fingerprint density at radius 1 is 1.19 bits per heavy atom. The van der Waals surface area contributed by atoms with Crippen molar-refractivity contribution in [3.8, 4) is 0 Å². The van der Waals surface area contributed by atoms with Gasteiger partial charge in [0, 0.05) is 23.9 Å². The highest BCUT2D eigenvalue weighted by Gasteiger charge is 2.39. The Balaban J connectivity index is 1.34. The number of thiazole rings is 1. The third-order valence-corrected chi connectivity index (χ3v) is 6.74. The average Bonchev–Trinajstić information content (AvgIpc) is 3.03. The predicted molar refractivity (Wildman–Crippen MR) is 105 cm³/mol. The molecular weight excluding hydrogens is 342 g/mol. The number of carbonyl (C=O) groups is 1. The van der Waals surface area contributed by atoms with E-state index in [9.17, 15) is 4.79 Å². The van der Waals surface area contributed by atoms with Gasteiger partial charge in [-0.25, -0.2) is 4.98 Å². The molecular formula is C21H27N3OS. The largest absolute Gasteiger partial charge is 0.352 e. The normalized spacial score (nSPS) is 27.9. The summed E-state index contributed by atoms with van der Waals surface area (Å²) in [6.45, 7) is 0. The fourth-order valence-electron chi connectivity index (χ4n) is 4.71. The second kappa shape index (κ2) is 7.89. The minimum atomic E-state index is 0.110. The van der Waals surface area contributed by atoms with Crippen molar-refractivity contribution in [1.82, 2.24) is 10.3 Å². The van der Waals surface area contributed by atoms with Crippen LogP contribution >= 0.6 is 11.3 Å². The molecule has 2 fully saturated rings. The van der Waals surface area contributed by atoms with Crippen molar-refractivity contribution in [1.29, 1.82) is 0 Å². The lowest BCUT2D eigenvalue weighted by Crippen LogP contribution is -2.54. The fraction of sp³-hybridized carbons (Fsp3) is 0.524. The van der Waals surface area contributed by atoms with Crippen molar-refractivity contribution in [2.24, 2.45) is 17.6 Å². The first kappa shape index (κ1) is 17.7. The number of benzene rings is 1. The predicted octanol–water partition coefficient (Wildman–Crippen LogP) is 3.30. The summed E-state index contributed by atoms with van der Waals surface area (Å²) in [5, 5.41) is 6.41. The van der Waals surface area contributed by atoms with Crippen LogP contribution in [0.1, 0.15) is 48.4 Å². The lowest BCUT2D eigenvalue weighted by atomic mass is 9.67. The summed E-state index contributed by atoms with van der Waals surface area (Å²) < 4.78 is 0. The summed E-state index contributed by atoms with van der Waals surface area (Å²) in [4.78, 5) is 17.2. The Hall–Kier alpha value is -1.72. The zero-order valence-corrected chi connectivity index (χ0v) is 15.9. The number of hydrogen-bond donors (Lipinski definition) is 2. The van der Waals surface area contributed by atoms with Gasteiger partial charge in [0.2, 0.25) is 5.91 Å². The molecule has 5 heteroatoms. The molecule has 3 N–H and O–H groups in total. The zero-order valence-electron chi connectivity index (χ0n) is 15.1. The van der Waals surface area contributed by atoms with Gasteiger partial charge < -0.3 is 11.1 Å². The van der Waals surface area contributed by atoms with Crippen molar-refractivity contribution in [2.45, 2.75) is 57.0 Å². The van der Waals surface area contributed by atoms with Crippen LogP contribution in [0.15, 0.2) is 35.7 Å². The molecule has 4 rings (SSSR count). The molecule has 4 nitrogen and oxygen atoms in total. The number of nitrogens with one attached hydrogen (secondary N) is 1. The summed E-state index contributed by atoms with van der Waals surface area (Å²) in [7, 11) is 0. The van der Waals surface area contributed by atoms with E-state index in [1.165, 1.54) is 24.8 Å². The lowest BCUT2D eigenvalue weighted by molar-refractivity contribution is -0.122. The average molecular weight is 370 g/mol. The van der Waals surface area contributed by atoms with E-state index in [-0.39, 0.29) is 5.91 Å². The van der Waals surface area contributed by atoms with E-state index in [1.54, 1.807) is 11.3 Å². The monoisotopic (exact) mass is 369 g/mol. The number of rotatable bonds is 5. The highest BCUT2D eigenvalue weighted by Crippen LogP contribution is 2.39. The fourth-order valence-corrected chi connectivity index (χ4v) is 5.54. The molecule has 2 aliphatic carbocycles. The van der Waals surface area contributed by atoms with Crippen molar-refractivity contribution in [2.75, 3.05) is 0 Å². The van der Waals surface area contributed by atoms with Gasteiger partial charge in [-0.2, -0.15) is 0 Å². The van der Waals surface area contributed by atoms with Crippen molar-refractivity contribution in [3.05, 3.63) is 52.0 Å². The van der Waals surface area contributed by atoms with Gasteiger partial charge in [-0.3, -0.25) is 4.79 Å². The molecule has 1 aromatic heterocycles. The molecule has 138 valence electrons. The third-order valence-electron chi connectivity index (χ3n) is 5.84. The number of amides is 1. The van der Waals surface area contributed by atoms with Gasteiger partial charge in [0.15, 0.2) is 0 Å². The molecule has 0 spiro atoms. The van der Waals surface area contributed by atoms with Gasteiger partial charge in [-0.15, -0.1) is 11.3 Å². The van der Waals surface area contributed by atoms with Crippen LogP contribution in [0.4, 0.5) is 0 Å². The highest BCUT2D eigenvalue weighted by atomic mass is 32.1. The van der Waals surface area contributed by atoms with Crippen molar-refractivity contribution in [3.63, 3.8) is 0 Å². The summed E-state index contributed by atoms with van der Waals surface area (Å²) >= 11 is 1.64. The summed E-state index contributed by atoms with van der Waals surface area (Å²) in [5.41, 5.74) is 8.33. The van der Waals surface area contributed by atoms with E-state index in [4.69, 9.17) is 5.73 Å². The summed E-state index contributed by atoms with van der Waals surface area (Å²) in [6.07, 6.45) is 7.01. The van der Waals surface area contributed by atoms with E-state index in [2.05, 4.69) is 22.4 Å². The second-order valence-corrected chi connectivity index (χ2v) is 8.79. The van der Waals surface area contributed by atoms with E-state index in [0.29, 0.717) is 30.3 Å². The van der Waals surface area contributed by atoms with Crippen molar-refractivity contribution >= 4 is 17.2 Å².